The summed E-state index contributed by atoms with van der Waals surface area (Å²) in [5.41, 5.74) is 0.968. The molecule has 2 rings (SSSR count). The second-order valence-corrected chi connectivity index (χ2v) is 5.60. The van der Waals surface area contributed by atoms with E-state index >= 15 is 0 Å². The second kappa shape index (κ2) is 6.41. The first kappa shape index (κ1) is 14.4. The van der Waals surface area contributed by atoms with Crippen molar-refractivity contribution in [2.45, 2.75) is 19.4 Å². The molecule has 1 atom stereocenters. The van der Waals surface area contributed by atoms with Crippen molar-refractivity contribution in [3.05, 3.63) is 33.2 Å². The Balaban J connectivity index is 2.41. The zero-order valence-electron chi connectivity index (χ0n) is 11.3. The third-order valence-electron chi connectivity index (χ3n) is 2.95. The van der Waals surface area contributed by atoms with Crippen LogP contribution in [0.25, 0.3) is 0 Å². The predicted molar refractivity (Wildman–Crippen MR) is 79.2 cm³/mol. The quantitative estimate of drug-likeness (QED) is 0.890. The van der Waals surface area contributed by atoms with Crippen LogP contribution in [0.1, 0.15) is 30.0 Å². The van der Waals surface area contributed by atoms with E-state index in [1.54, 1.807) is 24.6 Å². The van der Waals surface area contributed by atoms with Crippen molar-refractivity contribution >= 4 is 22.9 Å². The van der Waals surface area contributed by atoms with Crippen LogP contribution in [0.5, 0.6) is 5.75 Å². The molecule has 104 valence electrons. The smallest absolute Gasteiger partial charge is 0.134 e. The highest BCUT2D eigenvalue weighted by molar-refractivity contribution is 7.10. The van der Waals surface area contributed by atoms with Gasteiger partial charge in [0.2, 0.25) is 0 Å². The van der Waals surface area contributed by atoms with Gasteiger partial charge in [-0.3, -0.25) is 4.68 Å². The van der Waals surface area contributed by atoms with Crippen LogP contribution >= 0.6 is 22.9 Å². The van der Waals surface area contributed by atoms with Crippen LogP contribution in [0.15, 0.2) is 17.6 Å². The van der Waals surface area contributed by atoms with Crippen LogP contribution < -0.4 is 10.1 Å². The normalized spacial score (nSPS) is 12.6. The molecule has 0 saturated heterocycles. The van der Waals surface area contributed by atoms with Gasteiger partial charge in [0.25, 0.3) is 0 Å². The summed E-state index contributed by atoms with van der Waals surface area (Å²) in [6, 6.07) is 1.99. The van der Waals surface area contributed by atoms with E-state index in [1.807, 2.05) is 23.2 Å². The number of thiophene rings is 1. The average Bonchev–Trinajstić information content (AvgIpc) is 3.00. The Kier molecular flexibility index (Phi) is 4.85. The molecule has 0 amide bonds. The van der Waals surface area contributed by atoms with E-state index in [1.165, 1.54) is 0 Å². The highest BCUT2D eigenvalue weighted by Gasteiger charge is 2.24. The van der Waals surface area contributed by atoms with E-state index in [9.17, 15) is 0 Å². The molecule has 2 heterocycles. The van der Waals surface area contributed by atoms with Crippen molar-refractivity contribution in [3.8, 4) is 5.75 Å². The van der Waals surface area contributed by atoms with Crippen molar-refractivity contribution in [2.24, 2.45) is 7.05 Å². The molecule has 0 aliphatic rings. The van der Waals surface area contributed by atoms with Gasteiger partial charge in [-0.25, -0.2) is 0 Å². The van der Waals surface area contributed by atoms with Gasteiger partial charge < -0.3 is 10.1 Å². The summed E-state index contributed by atoms with van der Waals surface area (Å²) in [5.74, 6) is 0.885. The molecule has 4 nitrogen and oxygen atoms in total. The van der Waals surface area contributed by atoms with Gasteiger partial charge in [-0.05, 0) is 24.4 Å². The van der Waals surface area contributed by atoms with Crippen molar-refractivity contribution in [1.29, 1.82) is 0 Å². The SMILES string of the molecule is CCCNC(c1sccc1OC)c1c(Cl)cnn1C. The van der Waals surface area contributed by atoms with Gasteiger partial charge in [-0.15, -0.1) is 11.3 Å². The minimum atomic E-state index is 0.00917. The van der Waals surface area contributed by atoms with Gasteiger partial charge in [0.1, 0.15) is 5.75 Å². The molecule has 0 aromatic carbocycles. The van der Waals surface area contributed by atoms with Crippen molar-refractivity contribution in [1.82, 2.24) is 15.1 Å². The van der Waals surface area contributed by atoms with E-state index < -0.39 is 0 Å². The van der Waals surface area contributed by atoms with E-state index in [2.05, 4.69) is 17.3 Å². The fourth-order valence-electron chi connectivity index (χ4n) is 2.04. The molecule has 0 aliphatic carbocycles. The Bertz CT molecular complexity index is 518. The maximum absolute atomic E-state index is 6.27. The molecule has 6 heteroatoms. The predicted octanol–water partition coefficient (Wildman–Crippen LogP) is 3.23. The van der Waals surface area contributed by atoms with E-state index in [0.717, 1.165) is 29.3 Å². The molecule has 0 aliphatic heterocycles. The lowest BCUT2D eigenvalue weighted by atomic mass is 10.1. The summed E-state index contributed by atoms with van der Waals surface area (Å²) >= 11 is 7.93. The first-order valence-electron chi connectivity index (χ1n) is 6.21. The highest BCUT2D eigenvalue weighted by Crippen LogP contribution is 2.36. The Labute approximate surface area is 122 Å². The zero-order chi connectivity index (χ0) is 13.8. The molecule has 1 unspecified atom stereocenters. The molecular weight excluding hydrogens is 282 g/mol. The Morgan fingerprint density at radius 2 is 2.37 bits per heavy atom. The summed E-state index contributed by atoms with van der Waals surface area (Å²) in [6.45, 7) is 3.05. The van der Waals surface area contributed by atoms with Gasteiger partial charge >= 0.3 is 0 Å². The molecule has 0 saturated carbocycles. The van der Waals surface area contributed by atoms with Crippen LogP contribution in [-0.4, -0.2) is 23.4 Å². The number of methoxy groups -OCH3 is 1. The first-order valence-corrected chi connectivity index (χ1v) is 7.47. The van der Waals surface area contributed by atoms with Gasteiger partial charge in [-0.2, -0.15) is 5.10 Å². The topological polar surface area (TPSA) is 39.1 Å². The van der Waals surface area contributed by atoms with Crippen LogP contribution in [-0.2, 0) is 7.05 Å². The summed E-state index contributed by atoms with van der Waals surface area (Å²) < 4.78 is 7.24. The molecule has 0 bridgehead atoms. The molecular formula is C13H18ClN3OS. The fraction of sp³-hybridized carbons (Fsp3) is 0.462. The summed E-state index contributed by atoms with van der Waals surface area (Å²) in [5, 5.41) is 10.4. The monoisotopic (exact) mass is 299 g/mol. The minimum absolute atomic E-state index is 0.00917. The number of rotatable bonds is 6. The number of aromatic nitrogens is 2. The molecule has 2 aromatic heterocycles. The number of nitrogens with zero attached hydrogens (tertiary/aromatic N) is 2. The number of halogens is 1. The lowest BCUT2D eigenvalue weighted by Gasteiger charge is -2.19. The number of ether oxygens (including phenoxy) is 1. The Morgan fingerprint density at radius 1 is 1.58 bits per heavy atom. The van der Waals surface area contributed by atoms with Gasteiger partial charge in [0.05, 0.1) is 34.9 Å². The third kappa shape index (κ3) is 2.94. The van der Waals surface area contributed by atoms with Crippen molar-refractivity contribution < 1.29 is 4.74 Å². The third-order valence-corrected chi connectivity index (χ3v) is 4.20. The van der Waals surface area contributed by atoms with Crippen LogP contribution in [0, 0.1) is 0 Å². The lowest BCUT2D eigenvalue weighted by Crippen LogP contribution is -2.25. The molecule has 2 aromatic rings. The number of hydrogen-bond donors (Lipinski definition) is 1. The van der Waals surface area contributed by atoms with Crippen LogP contribution in [0.4, 0.5) is 0 Å². The van der Waals surface area contributed by atoms with Gasteiger partial charge in [-0.1, -0.05) is 18.5 Å². The molecule has 0 fully saturated rings. The van der Waals surface area contributed by atoms with Crippen LogP contribution in [0.3, 0.4) is 0 Å². The van der Waals surface area contributed by atoms with Gasteiger partial charge in [0.15, 0.2) is 0 Å². The highest BCUT2D eigenvalue weighted by atomic mass is 35.5. The fourth-order valence-corrected chi connectivity index (χ4v) is 3.25. The van der Waals surface area contributed by atoms with Crippen molar-refractivity contribution in [3.63, 3.8) is 0 Å². The maximum Gasteiger partial charge on any atom is 0.134 e. The number of hydrogen-bond acceptors (Lipinski definition) is 4. The number of nitrogens with one attached hydrogen (secondary N) is 1. The molecule has 0 spiro atoms. The van der Waals surface area contributed by atoms with E-state index in [-0.39, 0.29) is 6.04 Å². The summed E-state index contributed by atoms with van der Waals surface area (Å²) in [4.78, 5) is 1.13. The largest absolute Gasteiger partial charge is 0.496 e. The molecule has 1 N–H and O–H groups in total. The first-order chi connectivity index (χ1) is 9.19. The minimum Gasteiger partial charge on any atom is -0.496 e. The summed E-state index contributed by atoms with van der Waals surface area (Å²) in [6.07, 6.45) is 2.73. The lowest BCUT2D eigenvalue weighted by molar-refractivity contribution is 0.406. The zero-order valence-corrected chi connectivity index (χ0v) is 12.9. The standard InChI is InChI=1S/C13H18ClN3OS/c1-4-6-15-11(12-9(14)8-16-17(12)2)13-10(18-3)5-7-19-13/h5,7-8,11,15H,4,6H2,1-3H3. The van der Waals surface area contributed by atoms with E-state index in [0.29, 0.717) is 5.02 Å². The molecule has 19 heavy (non-hydrogen) atoms. The average molecular weight is 300 g/mol. The van der Waals surface area contributed by atoms with Crippen LogP contribution in [0.2, 0.25) is 5.02 Å². The Morgan fingerprint density at radius 3 is 2.95 bits per heavy atom. The van der Waals surface area contributed by atoms with Gasteiger partial charge in [0, 0.05) is 7.05 Å². The molecule has 0 radical (unpaired) electrons. The second-order valence-electron chi connectivity index (χ2n) is 4.24. The maximum atomic E-state index is 6.27. The Hall–Kier alpha value is -1.04. The van der Waals surface area contributed by atoms with E-state index in [4.69, 9.17) is 16.3 Å². The van der Waals surface area contributed by atoms with Crippen molar-refractivity contribution in [2.75, 3.05) is 13.7 Å². The summed E-state index contributed by atoms with van der Waals surface area (Å²) in [7, 11) is 3.59. The number of aryl methyl sites for hydroxylation is 1.